The maximum atomic E-state index is 12.3. The highest BCUT2D eigenvalue weighted by molar-refractivity contribution is 7.14. The largest absolute Gasteiger partial charge is 0.451 e. The lowest BCUT2D eigenvalue weighted by molar-refractivity contribution is -0.119. The number of thiophene rings is 1. The SMILES string of the molecule is CC[C@@H]1CCc2sc(C(=O)OCC(=O)Nc3cc(Cl)ccc3Cl)cc2C1. The highest BCUT2D eigenvalue weighted by Crippen LogP contribution is 2.33. The number of amides is 1. The van der Waals surface area contributed by atoms with Crippen LogP contribution in [0.15, 0.2) is 24.3 Å². The molecule has 0 bridgehead atoms. The minimum Gasteiger partial charge on any atom is -0.451 e. The number of anilines is 1. The van der Waals surface area contributed by atoms with E-state index in [1.165, 1.54) is 28.2 Å². The Morgan fingerprint density at radius 2 is 2.12 bits per heavy atom. The molecule has 138 valence electrons. The number of carbonyl (C=O) groups excluding carboxylic acids is 2. The maximum absolute atomic E-state index is 12.3. The number of aryl methyl sites for hydroxylation is 1. The lowest BCUT2D eigenvalue weighted by Gasteiger charge is -2.19. The lowest BCUT2D eigenvalue weighted by Crippen LogP contribution is -2.20. The zero-order chi connectivity index (χ0) is 18.7. The Morgan fingerprint density at radius 3 is 2.88 bits per heavy atom. The molecule has 1 aliphatic carbocycles. The molecule has 0 saturated carbocycles. The van der Waals surface area contributed by atoms with Crippen molar-refractivity contribution in [2.45, 2.75) is 32.6 Å². The molecule has 0 spiro atoms. The number of fused-ring (bicyclic) bond motifs is 1. The first-order valence-electron chi connectivity index (χ1n) is 8.50. The third-order valence-electron chi connectivity index (χ3n) is 4.50. The topological polar surface area (TPSA) is 55.4 Å². The number of carbonyl (C=O) groups is 2. The Morgan fingerprint density at radius 1 is 1.31 bits per heavy atom. The van der Waals surface area contributed by atoms with E-state index >= 15 is 0 Å². The van der Waals surface area contributed by atoms with Gasteiger partial charge >= 0.3 is 5.97 Å². The van der Waals surface area contributed by atoms with E-state index in [1.807, 2.05) is 6.07 Å². The number of benzene rings is 1. The molecule has 0 unspecified atom stereocenters. The molecule has 0 fully saturated rings. The molecule has 1 atom stereocenters. The Labute approximate surface area is 166 Å². The number of ether oxygens (including phenoxy) is 1. The van der Waals surface area contributed by atoms with Crippen molar-refractivity contribution in [2.24, 2.45) is 5.92 Å². The first-order valence-corrected chi connectivity index (χ1v) is 10.1. The number of rotatable bonds is 5. The molecule has 1 aromatic carbocycles. The van der Waals surface area contributed by atoms with E-state index < -0.39 is 11.9 Å². The predicted molar refractivity (Wildman–Crippen MR) is 105 cm³/mol. The second kappa shape index (κ2) is 8.42. The van der Waals surface area contributed by atoms with Crippen molar-refractivity contribution in [3.8, 4) is 0 Å². The summed E-state index contributed by atoms with van der Waals surface area (Å²) in [5.41, 5.74) is 1.63. The average molecular weight is 412 g/mol. The summed E-state index contributed by atoms with van der Waals surface area (Å²) in [6, 6.07) is 6.67. The lowest BCUT2D eigenvalue weighted by atomic mass is 9.87. The number of halogens is 2. The minimum atomic E-state index is -0.468. The number of esters is 1. The van der Waals surface area contributed by atoms with Crippen LogP contribution < -0.4 is 5.32 Å². The van der Waals surface area contributed by atoms with Crippen LogP contribution in [0, 0.1) is 5.92 Å². The van der Waals surface area contributed by atoms with Crippen molar-refractivity contribution in [3.05, 3.63) is 49.6 Å². The Hall–Kier alpha value is -1.56. The van der Waals surface area contributed by atoms with Gasteiger partial charge in [-0.1, -0.05) is 36.5 Å². The molecule has 7 heteroatoms. The van der Waals surface area contributed by atoms with Crippen LogP contribution in [0.3, 0.4) is 0 Å². The van der Waals surface area contributed by atoms with Gasteiger partial charge in [-0.2, -0.15) is 0 Å². The molecule has 4 nitrogen and oxygen atoms in total. The van der Waals surface area contributed by atoms with Crippen molar-refractivity contribution in [3.63, 3.8) is 0 Å². The quantitative estimate of drug-likeness (QED) is 0.673. The van der Waals surface area contributed by atoms with Crippen LogP contribution in [0.4, 0.5) is 5.69 Å². The van der Waals surface area contributed by atoms with E-state index in [-0.39, 0.29) is 6.61 Å². The van der Waals surface area contributed by atoms with E-state index in [1.54, 1.807) is 18.2 Å². The van der Waals surface area contributed by atoms with Crippen LogP contribution in [0.1, 0.15) is 39.9 Å². The second-order valence-corrected chi connectivity index (χ2v) is 8.31. The Balaban J connectivity index is 1.56. The molecule has 0 saturated heterocycles. The summed E-state index contributed by atoms with van der Waals surface area (Å²) >= 11 is 13.4. The number of hydrogen-bond donors (Lipinski definition) is 1. The van der Waals surface area contributed by atoms with Gasteiger partial charge in [0.2, 0.25) is 0 Å². The van der Waals surface area contributed by atoms with Crippen molar-refractivity contribution in [1.29, 1.82) is 0 Å². The van der Waals surface area contributed by atoms with Gasteiger partial charge in [-0.15, -0.1) is 11.3 Å². The van der Waals surface area contributed by atoms with Gasteiger partial charge in [-0.3, -0.25) is 4.79 Å². The van der Waals surface area contributed by atoms with Crippen molar-refractivity contribution >= 4 is 52.1 Å². The first kappa shape index (κ1) is 19.2. The molecule has 0 radical (unpaired) electrons. The molecule has 26 heavy (non-hydrogen) atoms. The highest BCUT2D eigenvalue weighted by atomic mass is 35.5. The summed E-state index contributed by atoms with van der Waals surface area (Å²) in [5.74, 6) is -0.242. The second-order valence-electron chi connectivity index (χ2n) is 6.32. The van der Waals surface area contributed by atoms with Crippen LogP contribution >= 0.6 is 34.5 Å². The van der Waals surface area contributed by atoms with E-state index in [0.29, 0.717) is 26.5 Å². The average Bonchev–Trinajstić information content (AvgIpc) is 3.06. The van der Waals surface area contributed by atoms with Crippen LogP contribution in [-0.4, -0.2) is 18.5 Å². The summed E-state index contributed by atoms with van der Waals surface area (Å²) in [6.45, 7) is 1.82. The summed E-state index contributed by atoms with van der Waals surface area (Å²) in [7, 11) is 0. The minimum absolute atomic E-state index is 0.366. The first-order chi connectivity index (χ1) is 12.5. The molecular weight excluding hydrogens is 393 g/mol. The number of hydrogen-bond acceptors (Lipinski definition) is 4. The molecule has 0 aliphatic heterocycles. The van der Waals surface area contributed by atoms with Gasteiger partial charge in [0.1, 0.15) is 4.88 Å². The molecule has 1 aromatic heterocycles. The predicted octanol–water partition coefficient (Wildman–Crippen LogP) is 5.37. The third-order valence-corrected chi connectivity index (χ3v) is 6.28. The van der Waals surface area contributed by atoms with Crippen molar-refractivity contribution in [2.75, 3.05) is 11.9 Å². The van der Waals surface area contributed by atoms with Crippen LogP contribution in [0.5, 0.6) is 0 Å². The monoisotopic (exact) mass is 411 g/mol. The van der Waals surface area contributed by atoms with E-state index in [9.17, 15) is 9.59 Å². The third kappa shape index (κ3) is 4.58. The van der Waals surface area contributed by atoms with Gasteiger partial charge in [0, 0.05) is 9.90 Å². The fourth-order valence-corrected chi connectivity index (χ4v) is 4.47. The van der Waals surface area contributed by atoms with E-state index in [2.05, 4.69) is 12.2 Å². The summed E-state index contributed by atoms with van der Waals surface area (Å²) in [5, 5.41) is 3.41. The van der Waals surface area contributed by atoms with Gasteiger partial charge in [0.15, 0.2) is 6.61 Å². The van der Waals surface area contributed by atoms with Gasteiger partial charge in [-0.05, 0) is 55.0 Å². The Bertz CT molecular complexity index is 834. The van der Waals surface area contributed by atoms with E-state index in [4.69, 9.17) is 27.9 Å². The van der Waals surface area contributed by atoms with Crippen LogP contribution in [0.25, 0.3) is 0 Å². The van der Waals surface area contributed by atoms with Crippen molar-refractivity contribution < 1.29 is 14.3 Å². The van der Waals surface area contributed by atoms with Gasteiger partial charge in [-0.25, -0.2) is 4.79 Å². The molecular formula is C19H19Cl2NO3S. The van der Waals surface area contributed by atoms with Gasteiger partial charge in [0.05, 0.1) is 10.7 Å². The zero-order valence-electron chi connectivity index (χ0n) is 14.3. The molecule has 2 aromatic rings. The Kier molecular flexibility index (Phi) is 6.22. The normalized spacial score (nSPS) is 16.0. The fourth-order valence-electron chi connectivity index (χ4n) is 3.03. The molecule has 1 aliphatic rings. The van der Waals surface area contributed by atoms with Gasteiger partial charge < -0.3 is 10.1 Å². The summed E-state index contributed by atoms with van der Waals surface area (Å²) in [6.07, 6.45) is 4.35. The summed E-state index contributed by atoms with van der Waals surface area (Å²) < 4.78 is 5.15. The zero-order valence-corrected chi connectivity index (χ0v) is 16.6. The fraction of sp³-hybridized carbons (Fsp3) is 0.368. The molecule has 3 rings (SSSR count). The summed E-state index contributed by atoms with van der Waals surface area (Å²) in [4.78, 5) is 26.1. The standard InChI is InChI=1S/C19H19Cl2NO3S/c1-2-11-3-6-16-12(7-11)8-17(26-16)19(24)25-10-18(23)22-15-9-13(20)4-5-14(15)21/h4-5,8-9,11H,2-3,6-7,10H2,1H3,(H,22,23)/t11-/m1/s1. The molecule has 1 N–H and O–H groups in total. The maximum Gasteiger partial charge on any atom is 0.348 e. The van der Waals surface area contributed by atoms with Crippen LogP contribution in [0.2, 0.25) is 10.0 Å². The van der Waals surface area contributed by atoms with Crippen LogP contribution in [-0.2, 0) is 22.4 Å². The van der Waals surface area contributed by atoms with Gasteiger partial charge in [0.25, 0.3) is 5.91 Å². The molecule has 1 heterocycles. The molecule has 1 amide bonds. The number of nitrogens with one attached hydrogen (secondary N) is 1. The van der Waals surface area contributed by atoms with Crippen molar-refractivity contribution in [1.82, 2.24) is 0 Å². The highest BCUT2D eigenvalue weighted by Gasteiger charge is 2.23. The van der Waals surface area contributed by atoms with E-state index in [0.717, 1.165) is 19.3 Å². The smallest absolute Gasteiger partial charge is 0.348 e.